The van der Waals surface area contributed by atoms with E-state index in [2.05, 4.69) is 0 Å². The number of para-hydroxylation sites is 1. The summed E-state index contributed by atoms with van der Waals surface area (Å²) in [7, 11) is 0. The molecule has 0 radical (unpaired) electrons. The van der Waals surface area contributed by atoms with Crippen molar-refractivity contribution in [3.05, 3.63) is 94.6 Å². The van der Waals surface area contributed by atoms with Crippen molar-refractivity contribution in [1.82, 2.24) is 0 Å². The zero-order chi connectivity index (χ0) is 31.3. The van der Waals surface area contributed by atoms with Gasteiger partial charge in [-0.05, 0) is 74.6 Å². The summed E-state index contributed by atoms with van der Waals surface area (Å²) in [5.74, 6) is -1.22. The summed E-state index contributed by atoms with van der Waals surface area (Å²) in [6, 6.07) is 22.3. The quantitative estimate of drug-likeness (QED) is 0.0832. The van der Waals surface area contributed by atoms with Gasteiger partial charge >= 0.3 is 17.9 Å². The van der Waals surface area contributed by atoms with E-state index in [0.29, 0.717) is 49.0 Å². The summed E-state index contributed by atoms with van der Waals surface area (Å²) in [4.78, 5) is 61.4. The molecule has 9 nitrogen and oxygen atoms in total. The van der Waals surface area contributed by atoms with Crippen LogP contribution in [0.15, 0.2) is 88.1 Å². The molecule has 0 fully saturated rings. The maximum Gasteiger partial charge on any atom is 0.311 e. The molecule has 44 heavy (non-hydrogen) atoms. The fraction of sp³-hybridized carbons (Fsp3) is 0.286. The Kier molecular flexibility index (Phi) is 11.6. The highest BCUT2D eigenvalue weighted by Gasteiger charge is 2.21. The van der Waals surface area contributed by atoms with Crippen LogP contribution in [-0.2, 0) is 30.5 Å². The van der Waals surface area contributed by atoms with Crippen LogP contribution in [0.4, 0.5) is 0 Å². The van der Waals surface area contributed by atoms with Crippen LogP contribution >= 0.6 is 0 Å². The molecule has 0 aliphatic heterocycles. The highest BCUT2D eigenvalue weighted by molar-refractivity contribution is 5.84. The molecule has 0 saturated carbocycles. The van der Waals surface area contributed by atoms with Gasteiger partial charge in [-0.2, -0.15) is 0 Å². The average molecular weight is 599 g/mol. The number of unbranched alkanes of at least 4 members (excludes halogenated alkanes) is 2. The van der Waals surface area contributed by atoms with Gasteiger partial charge in [0, 0.05) is 31.2 Å². The molecule has 9 heteroatoms. The summed E-state index contributed by atoms with van der Waals surface area (Å²) in [5.41, 5.74) is 1.16. The van der Waals surface area contributed by atoms with Crippen LogP contribution in [0.25, 0.3) is 22.3 Å². The Morgan fingerprint density at radius 3 is 1.93 bits per heavy atom. The van der Waals surface area contributed by atoms with Crippen LogP contribution < -0.4 is 14.9 Å². The first-order chi connectivity index (χ1) is 21.3. The molecule has 0 spiro atoms. The van der Waals surface area contributed by atoms with Gasteiger partial charge in [-0.3, -0.25) is 19.2 Å². The van der Waals surface area contributed by atoms with Crippen molar-refractivity contribution >= 4 is 34.7 Å². The van der Waals surface area contributed by atoms with Crippen molar-refractivity contribution in [3.63, 3.8) is 0 Å². The topological polar surface area (TPSA) is 126 Å². The normalized spacial score (nSPS) is 10.8. The average Bonchev–Trinajstić information content (AvgIpc) is 3.02. The van der Waals surface area contributed by atoms with Crippen LogP contribution in [0.1, 0.15) is 63.9 Å². The third-order valence-corrected chi connectivity index (χ3v) is 6.73. The van der Waals surface area contributed by atoms with Crippen LogP contribution in [0, 0.1) is 0 Å². The van der Waals surface area contributed by atoms with Gasteiger partial charge in [0.25, 0.3) is 0 Å². The number of esters is 3. The van der Waals surface area contributed by atoms with E-state index in [1.807, 2.05) is 30.3 Å². The second-order valence-corrected chi connectivity index (χ2v) is 10.3. The summed E-state index contributed by atoms with van der Waals surface area (Å²) in [5, 5.41) is 0.260. The second-order valence-electron chi connectivity index (χ2n) is 10.3. The molecule has 0 saturated heterocycles. The van der Waals surface area contributed by atoms with E-state index in [1.54, 1.807) is 48.5 Å². The zero-order valence-corrected chi connectivity index (χ0v) is 24.5. The van der Waals surface area contributed by atoms with Crippen molar-refractivity contribution in [2.45, 2.75) is 64.9 Å². The molecule has 4 aromatic rings. The van der Waals surface area contributed by atoms with Crippen molar-refractivity contribution in [3.8, 4) is 22.8 Å². The number of carbonyl (C=O) groups is 4. The molecule has 0 amide bonds. The molecule has 0 unspecified atom stereocenters. The van der Waals surface area contributed by atoms with Crippen molar-refractivity contribution in [2.75, 3.05) is 0 Å². The number of hydrogen-bond acceptors (Lipinski definition) is 9. The molecule has 0 N–H and O–H groups in total. The molecular formula is C35H34O9. The number of fused-ring (bicyclic) bond motifs is 1. The molecular weight excluding hydrogens is 564 g/mol. The molecule has 0 aliphatic carbocycles. The highest BCUT2D eigenvalue weighted by Crippen LogP contribution is 2.32. The number of Topliss-reactive ketones (excluding diaryl/α,β-unsaturated/α-hetero) is 1. The standard InChI is InChI=1S/C35H34O9/c1-24(36)11-5-8-17-31(38)42-27-21-19-26(20-22-27)34-35(33(40)28-14-6-7-15-29(28)43-34)44-32(39)18-10-9-16-30(37)41-23-25-12-3-2-4-13-25/h2-4,6-7,12-15,19-22H,5,8-11,16-18,23H2,1H3. The summed E-state index contributed by atoms with van der Waals surface area (Å²) in [6.07, 6.45) is 2.69. The molecule has 0 bridgehead atoms. The van der Waals surface area contributed by atoms with E-state index in [4.69, 9.17) is 18.6 Å². The first-order valence-corrected chi connectivity index (χ1v) is 14.6. The molecule has 0 aliphatic rings. The van der Waals surface area contributed by atoms with Gasteiger partial charge in [0.05, 0.1) is 5.39 Å². The van der Waals surface area contributed by atoms with Crippen LogP contribution in [0.5, 0.6) is 11.5 Å². The first-order valence-electron chi connectivity index (χ1n) is 14.6. The Balaban J connectivity index is 1.37. The molecule has 228 valence electrons. The number of benzene rings is 3. The summed E-state index contributed by atoms with van der Waals surface area (Å²) in [6.45, 7) is 1.70. The van der Waals surface area contributed by atoms with E-state index >= 15 is 0 Å². The first kappa shape index (κ1) is 31.9. The lowest BCUT2D eigenvalue weighted by Gasteiger charge is -2.11. The van der Waals surface area contributed by atoms with Crippen molar-refractivity contribution in [1.29, 1.82) is 0 Å². The summed E-state index contributed by atoms with van der Waals surface area (Å²) >= 11 is 0. The number of ketones is 1. The fourth-order valence-electron chi connectivity index (χ4n) is 4.42. The van der Waals surface area contributed by atoms with Crippen molar-refractivity contribution < 1.29 is 37.8 Å². The molecule has 4 rings (SSSR count). The lowest BCUT2D eigenvalue weighted by atomic mass is 10.1. The number of hydrogen-bond donors (Lipinski definition) is 0. The van der Waals surface area contributed by atoms with Gasteiger partial charge in [0.15, 0.2) is 5.76 Å². The minimum Gasteiger partial charge on any atom is -0.461 e. The number of rotatable bonds is 15. The minimum absolute atomic E-state index is 0.0149. The van der Waals surface area contributed by atoms with E-state index in [1.165, 1.54) is 6.92 Å². The Bertz CT molecular complexity index is 1650. The SMILES string of the molecule is CC(=O)CCCCC(=O)Oc1ccc(-c2oc3ccccc3c(=O)c2OC(=O)CCCCC(=O)OCc2ccccc2)cc1. The lowest BCUT2D eigenvalue weighted by molar-refractivity contribution is -0.145. The van der Waals surface area contributed by atoms with Gasteiger partial charge in [0.2, 0.25) is 11.2 Å². The minimum atomic E-state index is -0.637. The van der Waals surface area contributed by atoms with E-state index in [9.17, 15) is 24.0 Å². The highest BCUT2D eigenvalue weighted by atomic mass is 16.5. The number of ether oxygens (including phenoxy) is 3. The Labute approximate surface area is 254 Å². The fourth-order valence-corrected chi connectivity index (χ4v) is 4.42. The third-order valence-electron chi connectivity index (χ3n) is 6.73. The maximum atomic E-state index is 13.4. The molecule has 1 heterocycles. The third kappa shape index (κ3) is 9.49. The van der Waals surface area contributed by atoms with Gasteiger partial charge in [-0.25, -0.2) is 0 Å². The predicted molar refractivity (Wildman–Crippen MR) is 163 cm³/mol. The van der Waals surface area contributed by atoms with Gasteiger partial charge < -0.3 is 23.4 Å². The monoisotopic (exact) mass is 598 g/mol. The van der Waals surface area contributed by atoms with Gasteiger partial charge in [0.1, 0.15) is 23.7 Å². The van der Waals surface area contributed by atoms with Crippen LogP contribution in [-0.4, -0.2) is 23.7 Å². The Morgan fingerprint density at radius 2 is 1.25 bits per heavy atom. The number of carbonyl (C=O) groups excluding carboxylic acids is 4. The van der Waals surface area contributed by atoms with Gasteiger partial charge in [-0.1, -0.05) is 42.5 Å². The Hall–Kier alpha value is -5.05. The second kappa shape index (κ2) is 16.0. The Morgan fingerprint density at radius 1 is 0.659 bits per heavy atom. The molecule has 3 aromatic carbocycles. The smallest absolute Gasteiger partial charge is 0.311 e. The van der Waals surface area contributed by atoms with E-state index in [0.717, 1.165) is 5.56 Å². The maximum absolute atomic E-state index is 13.4. The van der Waals surface area contributed by atoms with Crippen molar-refractivity contribution in [2.24, 2.45) is 0 Å². The van der Waals surface area contributed by atoms with Crippen LogP contribution in [0.2, 0.25) is 0 Å². The predicted octanol–water partition coefficient (Wildman–Crippen LogP) is 6.72. The lowest BCUT2D eigenvalue weighted by Crippen LogP contribution is -2.16. The zero-order valence-electron chi connectivity index (χ0n) is 24.5. The van der Waals surface area contributed by atoms with E-state index < -0.39 is 17.4 Å². The summed E-state index contributed by atoms with van der Waals surface area (Å²) < 4.78 is 22.2. The largest absolute Gasteiger partial charge is 0.461 e. The van der Waals surface area contributed by atoms with Gasteiger partial charge in [-0.15, -0.1) is 0 Å². The van der Waals surface area contributed by atoms with Crippen LogP contribution in [0.3, 0.4) is 0 Å². The van der Waals surface area contributed by atoms with E-state index in [-0.39, 0.29) is 54.5 Å². The molecule has 1 aromatic heterocycles. The molecule has 0 atom stereocenters.